The molecule has 1 N–H and O–H groups in total. The van der Waals surface area contributed by atoms with E-state index in [0.29, 0.717) is 28.3 Å². The molecule has 2 aromatic carbocycles. The zero-order valence-corrected chi connectivity index (χ0v) is 17.5. The molecule has 0 atom stereocenters. The first-order valence-corrected chi connectivity index (χ1v) is 10.1. The first-order chi connectivity index (χ1) is 14.4. The van der Waals surface area contributed by atoms with E-state index in [1.54, 1.807) is 18.2 Å². The SMILES string of the molecule is CCCc1ccc(OCc2nc(C(C)C)c(-c3ccccc3F)cc2C(=O)O)cc1. The predicted molar refractivity (Wildman–Crippen MR) is 115 cm³/mol. The van der Waals surface area contributed by atoms with E-state index in [2.05, 4.69) is 11.9 Å². The van der Waals surface area contributed by atoms with Crippen molar-refractivity contribution >= 4 is 5.97 Å². The van der Waals surface area contributed by atoms with Gasteiger partial charge in [0.25, 0.3) is 0 Å². The van der Waals surface area contributed by atoms with Crippen molar-refractivity contribution < 1.29 is 19.0 Å². The van der Waals surface area contributed by atoms with Crippen LogP contribution in [0.25, 0.3) is 11.1 Å². The number of ether oxygens (including phenoxy) is 1. The van der Waals surface area contributed by atoms with Crippen LogP contribution in [-0.4, -0.2) is 16.1 Å². The van der Waals surface area contributed by atoms with Crippen molar-refractivity contribution in [1.29, 1.82) is 0 Å². The van der Waals surface area contributed by atoms with E-state index in [9.17, 15) is 14.3 Å². The summed E-state index contributed by atoms with van der Waals surface area (Å²) in [6.07, 6.45) is 2.07. The van der Waals surface area contributed by atoms with E-state index < -0.39 is 11.8 Å². The lowest BCUT2D eigenvalue weighted by Crippen LogP contribution is -2.12. The van der Waals surface area contributed by atoms with Crippen molar-refractivity contribution in [1.82, 2.24) is 4.98 Å². The van der Waals surface area contributed by atoms with Crippen molar-refractivity contribution in [3.05, 3.63) is 82.9 Å². The molecule has 30 heavy (non-hydrogen) atoms. The van der Waals surface area contributed by atoms with Gasteiger partial charge in [-0.1, -0.05) is 57.5 Å². The highest BCUT2D eigenvalue weighted by Crippen LogP contribution is 2.32. The molecule has 0 unspecified atom stereocenters. The van der Waals surface area contributed by atoms with Crippen molar-refractivity contribution in [3.63, 3.8) is 0 Å². The monoisotopic (exact) mass is 407 g/mol. The summed E-state index contributed by atoms with van der Waals surface area (Å²) in [4.78, 5) is 16.5. The Bertz CT molecular complexity index is 1030. The van der Waals surface area contributed by atoms with Crippen molar-refractivity contribution in [3.8, 4) is 16.9 Å². The maximum absolute atomic E-state index is 14.4. The number of carboxylic acid groups (broad SMARTS) is 1. The summed E-state index contributed by atoms with van der Waals surface area (Å²) in [7, 11) is 0. The van der Waals surface area contributed by atoms with E-state index in [1.807, 2.05) is 38.1 Å². The normalized spacial score (nSPS) is 11.0. The maximum atomic E-state index is 14.4. The van der Waals surface area contributed by atoms with Gasteiger partial charge in [-0.15, -0.1) is 0 Å². The molecule has 0 amide bonds. The Morgan fingerprint density at radius 3 is 2.40 bits per heavy atom. The molecule has 0 saturated carbocycles. The number of aryl methyl sites for hydroxylation is 1. The van der Waals surface area contributed by atoms with Gasteiger partial charge in [-0.25, -0.2) is 9.18 Å². The third kappa shape index (κ3) is 4.85. The van der Waals surface area contributed by atoms with E-state index in [-0.39, 0.29) is 18.1 Å². The van der Waals surface area contributed by atoms with E-state index in [1.165, 1.54) is 17.7 Å². The molecule has 156 valence electrons. The lowest BCUT2D eigenvalue weighted by molar-refractivity contribution is 0.0693. The van der Waals surface area contributed by atoms with Crippen LogP contribution in [0.4, 0.5) is 4.39 Å². The molecule has 0 radical (unpaired) electrons. The smallest absolute Gasteiger partial charge is 0.337 e. The first kappa shape index (κ1) is 21.5. The summed E-state index contributed by atoms with van der Waals surface area (Å²) in [5.41, 5.74) is 3.04. The highest BCUT2D eigenvalue weighted by molar-refractivity contribution is 5.91. The number of hydrogen-bond donors (Lipinski definition) is 1. The number of aromatic carboxylic acids is 1. The Balaban J connectivity index is 1.97. The van der Waals surface area contributed by atoms with Gasteiger partial charge in [0.05, 0.1) is 17.0 Å². The molecule has 0 aliphatic carbocycles. The second-order valence-corrected chi connectivity index (χ2v) is 7.54. The van der Waals surface area contributed by atoms with Gasteiger partial charge in [-0.05, 0) is 42.2 Å². The van der Waals surface area contributed by atoms with Crippen LogP contribution in [-0.2, 0) is 13.0 Å². The average molecular weight is 407 g/mol. The molecule has 0 aliphatic rings. The molecule has 0 aliphatic heterocycles. The molecule has 0 saturated heterocycles. The minimum absolute atomic E-state index is 0.0141. The van der Waals surface area contributed by atoms with Crippen LogP contribution in [0, 0.1) is 5.82 Å². The minimum Gasteiger partial charge on any atom is -0.487 e. The number of nitrogens with zero attached hydrogens (tertiary/aromatic N) is 1. The van der Waals surface area contributed by atoms with Crippen LogP contribution in [0.15, 0.2) is 54.6 Å². The number of halogens is 1. The van der Waals surface area contributed by atoms with Gasteiger partial charge < -0.3 is 9.84 Å². The number of rotatable bonds is 8. The Kier molecular flexibility index (Phi) is 6.83. The van der Waals surface area contributed by atoms with Gasteiger partial charge in [-0.2, -0.15) is 0 Å². The molecular weight excluding hydrogens is 381 g/mol. The summed E-state index contributed by atoms with van der Waals surface area (Å²) in [6, 6.07) is 15.6. The van der Waals surface area contributed by atoms with E-state index in [4.69, 9.17) is 4.74 Å². The van der Waals surface area contributed by atoms with Gasteiger partial charge in [0.2, 0.25) is 0 Å². The lowest BCUT2D eigenvalue weighted by atomic mass is 9.94. The molecule has 0 fully saturated rings. The number of benzene rings is 2. The average Bonchev–Trinajstić information content (AvgIpc) is 2.73. The zero-order chi connectivity index (χ0) is 21.7. The summed E-state index contributed by atoms with van der Waals surface area (Å²) in [5, 5.41) is 9.74. The molecular formula is C25H26FNO3. The number of carbonyl (C=O) groups is 1. The maximum Gasteiger partial charge on any atom is 0.337 e. The fourth-order valence-electron chi connectivity index (χ4n) is 3.39. The fraction of sp³-hybridized carbons (Fsp3) is 0.280. The molecule has 3 aromatic rings. The van der Waals surface area contributed by atoms with Crippen molar-refractivity contribution in [2.24, 2.45) is 0 Å². The first-order valence-electron chi connectivity index (χ1n) is 10.1. The quantitative estimate of drug-likeness (QED) is 0.480. The fourth-order valence-corrected chi connectivity index (χ4v) is 3.39. The highest BCUT2D eigenvalue weighted by Gasteiger charge is 2.21. The largest absolute Gasteiger partial charge is 0.487 e. The van der Waals surface area contributed by atoms with Gasteiger partial charge in [0.1, 0.15) is 18.2 Å². The Hall–Kier alpha value is -3.21. The number of aromatic nitrogens is 1. The van der Waals surface area contributed by atoms with Gasteiger partial charge in [0.15, 0.2) is 0 Å². The number of carboxylic acids is 1. The van der Waals surface area contributed by atoms with E-state index >= 15 is 0 Å². The number of pyridine rings is 1. The molecule has 1 heterocycles. The highest BCUT2D eigenvalue weighted by atomic mass is 19.1. The zero-order valence-electron chi connectivity index (χ0n) is 17.5. The summed E-state index contributed by atoms with van der Waals surface area (Å²) >= 11 is 0. The lowest BCUT2D eigenvalue weighted by Gasteiger charge is -2.17. The summed E-state index contributed by atoms with van der Waals surface area (Å²) in [5.74, 6) is -0.896. The van der Waals surface area contributed by atoms with Crippen LogP contribution in [0.5, 0.6) is 5.75 Å². The molecule has 0 spiro atoms. The molecule has 3 rings (SSSR count). The van der Waals surface area contributed by atoms with Gasteiger partial charge in [-0.3, -0.25) is 4.98 Å². The summed E-state index contributed by atoms with van der Waals surface area (Å²) < 4.78 is 20.2. The Labute approximate surface area is 176 Å². The third-order valence-electron chi connectivity index (χ3n) is 4.91. The van der Waals surface area contributed by atoms with Crippen LogP contribution >= 0.6 is 0 Å². The second kappa shape index (κ2) is 9.53. The second-order valence-electron chi connectivity index (χ2n) is 7.54. The number of hydrogen-bond acceptors (Lipinski definition) is 3. The molecule has 1 aromatic heterocycles. The minimum atomic E-state index is -1.12. The van der Waals surface area contributed by atoms with Crippen LogP contribution < -0.4 is 4.74 Å². The summed E-state index contributed by atoms with van der Waals surface area (Å²) in [6.45, 7) is 6.04. The Morgan fingerprint density at radius 1 is 1.10 bits per heavy atom. The molecule has 0 bridgehead atoms. The van der Waals surface area contributed by atoms with Crippen molar-refractivity contribution in [2.45, 2.75) is 46.1 Å². The van der Waals surface area contributed by atoms with Crippen LogP contribution in [0.3, 0.4) is 0 Å². The van der Waals surface area contributed by atoms with E-state index in [0.717, 1.165) is 12.8 Å². The predicted octanol–water partition coefficient (Wildman–Crippen LogP) is 6.24. The van der Waals surface area contributed by atoms with Crippen LogP contribution in [0.2, 0.25) is 0 Å². The van der Waals surface area contributed by atoms with Gasteiger partial charge in [0, 0.05) is 11.1 Å². The molecule has 4 nitrogen and oxygen atoms in total. The third-order valence-corrected chi connectivity index (χ3v) is 4.91. The topological polar surface area (TPSA) is 59.4 Å². The van der Waals surface area contributed by atoms with Crippen LogP contribution in [0.1, 0.15) is 60.4 Å². The Morgan fingerprint density at radius 2 is 1.80 bits per heavy atom. The molecule has 5 heteroatoms. The standard InChI is InChI=1S/C25H26FNO3/c1-4-7-17-10-12-18(13-11-17)30-15-23-21(25(28)29)14-20(24(27-23)16(2)3)19-8-5-6-9-22(19)26/h5-6,8-14,16H,4,7,15H2,1-3H3,(H,28,29). The van der Waals surface area contributed by atoms with Crippen molar-refractivity contribution in [2.75, 3.05) is 0 Å². The van der Waals surface area contributed by atoms with Gasteiger partial charge >= 0.3 is 5.97 Å².